The number of para-hydroxylation sites is 1. The van der Waals surface area contributed by atoms with Crippen molar-refractivity contribution in [3.05, 3.63) is 23.2 Å². The van der Waals surface area contributed by atoms with E-state index in [1.807, 2.05) is 26.0 Å². The number of hydrogen-bond acceptors (Lipinski definition) is 2. The Morgan fingerprint density at radius 2 is 2.12 bits per heavy atom. The molecule has 86 valence electrons. The van der Waals surface area contributed by atoms with Gasteiger partial charge in [-0.3, -0.25) is 4.79 Å². The summed E-state index contributed by atoms with van der Waals surface area (Å²) < 4.78 is 0. The molecule has 0 saturated heterocycles. The summed E-state index contributed by atoms with van der Waals surface area (Å²) in [5.74, 6) is 0.0758. The van der Waals surface area contributed by atoms with Crippen molar-refractivity contribution in [3.8, 4) is 0 Å². The molecule has 0 aliphatic carbocycles. The van der Waals surface area contributed by atoms with Gasteiger partial charge in [-0.15, -0.1) is 0 Å². The second kappa shape index (κ2) is 3.67. The van der Waals surface area contributed by atoms with E-state index in [1.54, 1.807) is 18.0 Å². The molecule has 0 bridgehead atoms. The molecule has 0 aromatic heterocycles. The number of amides is 1. The van der Waals surface area contributed by atoms with Gasteiger partial charge in [0.1, 0.15) is 0 Å². The standard InChI is InChI=1S/C12H15ClN2O/c1-12(2)7-14-9-6-4-5-8(13)10(9)15(3)11(12)16/h4-6,14H,7H2,1-3H3. The molecule has 0 spiro atoms. The van der Waals surface area contributed by atoms with Gasteiger partial charge >= 0.3 is 0 Å². The van der Waals surface area contributed by atoms with Gasteiger partial charge in [-0.05, 0) is 26.0 Å². The van der Waals surface area contributed by atoms with Crippen molar-refractivity contribution in [3.63, 3.8) is 0 Å². The zero-order valence-corrected chi connectivity index (χ0v) is 10.4. The number of benzene rings is 1. The van der Waals surface area contributed by atoms with E-state index in [9.17, 15) is 4.79 Å². The van der Waals surface area contributed by atoms with Crippen LogP contribution in [-0.2, 0) is 4.79 Å². The smallest absolute Gasteiger partial charge is 0.234 e. The van der Waals surface area contributed by atoms with Crippen LogP contribution in [0.25, 0.3) is 0 Å². The first kappa shape index (κ1) is 11.3. The van der Waals surface area contributed by atoms with Gasteiger partial charge in [0.05, 0.1) is 21.8 Å². The fourth-order valence-electron chi connectivity index (χ4n) is 1.95. The lowest BCUT2D eigenvalue weighted by molar-refractivity contribution is -0.125. The molecule has 0 atom stereocenters. The van der Waals surface area contributed by atoms with Crippen molar-refractivity contribution in [2.45, 2.75) is 13.8 Å². The van der Waals surface area contributed by atoms with E-state index >= 15 is 0 Å². The maximum Gasteiger partial charge on any atom is 0.234 e. The van der Waals surface area contributed by atoms with Crippen molar-refractivity contribution < 1.29 is 4.79 Å². The molecule has 0 fully saturated rings. The summed E-state index contributed by atoms with van der Waals surface area (Å²) in [7, 11) is 1.77. The zero-order valence-electron chi connectivity index (χ0n) is 9.67. The highest BCUT2D eigenvalue weighted by Crippen LogP contribution is 2.38. The molecule has 1 amide bonds. The van der Waals surface area contributed by atoms with E-state index in [1.165, 1.54) is 0 Å². The van der Waals surface area contributed by atoms with Gasteiger partial charge in [0.15, 0.2) is 0 Å². The molecule has 0 saturated carbocycles. The predicted molar refractivity (Wildman–Crippen MR) is 67.1 cm³/mol. The lowest BCUT2D eigenvalue weighted by Crippen LogP contribution is -2.40. The topological polar surface area (TPSA) is 32.3 Å². The highest BCUT2D eigenvalue weighted by atomic mass is 35.5. The number of carbonyl (C=O) groups is 1. The number of halogens is 1. The summed E-state index contributed by atoms with van der Waals surface area (Å²) >= 11 is 6.13. The van der Waals surface area contributed by atoms with Crippen LogP contribution in [0, 0.1) is 5.41 Å². The van der Waals surface area contributed by atoms with Crippen LogP contribution < -0.4 is 10.2 Å². The maximum atomic E-state index is 12.2. The van der Waals surface area contributed by atoms with Crippen LogP contribution in [0.5, 0.6) is 0 Å². The second-order valence-electron chi connectivity index (χ2n) is 4.74. The molecule has 0 unspecified atom stereocenters. The lowest BCUT2D eigenvalue weighted by Gasteiger charge is -2.25. The highest BCUT2D eigenvalue weighted by Gasteiger charge is 2.35. The average Bonchev–Trinajstić information content (AvgIpc) is 2.31. The Morgan fingerprint density at radius 1 is 1.44 bits per heavy atom. The summed E-state index contributed by atoms with van der Waals surface area (Å²) in [4.78, 5) is 13.8. The first-order valence-electron chi connectivity index (χ1n) is 5.24. The van der Waals surface area contributed by atoms with Gasteiger partial charge in [-0.25, -0.2) is 0 Å². The minimum atomic E-state index is -0.420. The van der Waals surface area contributed by atoms with Crippen LogP contribution in [0.1, 0.15) is 13.8 Å². The highest BCUT2D eigenvalue weighted by molar-refractivity contribution is 6.34. The van der Waals surface area contributed by atoms with E-state index in [2.05, 4.69) is 5.32 Å². The number of carbonyl (C=O) groups excluding carboxylic acids is 1. The minimum Gasteiger partial charge on any atom is -0.382 e. The Kier molecular flexibility index (Phi) is 2.58. The number of rotatable bonds is 0. The second-order valence-corrected chi connectivity index (χ2v) is 5.14. The third-order valence-electron chi connectivity index (χ3n) is 2.93. The molecular weight excluding hydrogens is 224 g/mol. The quantitative estimate of drug-likeness (QED) is 0.754. The molecule has 1 aromatic rings. The molecule has 1 N–H and O–H groups in total. The molecule has 3 nitrogen and oxygen atoms in total. The van der Waals surface area contributed by atoms with E-state index in [0.29, 0.717) is 11.6 Å². The van der Waals surface area contributed by atoms with Gasteiger partial charge in [-0.2, -0.15) is 0 Å². The number of anilines is 2. The van der Waals surface area contributed by atoms with Crippen LogP contribution in [-0.4, -0.2) is 19.5 Å². The Morgan fingerprint density at radius 3 is 2.81 bits per heavy atom. The normalized spacial score (nSPS) is 18.8. The largest absolute Gasteiger partial charge is 0.382 e. The van der Waals surface area contributed by atoms with E-state index in [4.69, 9.17) is 11.6 Å². The minimum absolute atomic E-state index is 0.0758. The van der Waals surface area contributed by atoms with Crippen LogP contribution in [0.15, 0.2) is 18.2 Å². The maximum absolute atomic E-state index is 12.2. The third-order valence-corrected chi connectivity index (χ3v) is 3.23. The monoisotopic (exact) mass is 238 g/mol. The summed E-state index contributed by atoms with van der Waals surface area (Å²) in [6.07, 6.45) is 0. The summed E-state index contributed by atoms with van der Waals surface area (Å²) in [5, 5.41) is 3.87. The van der Waals surface area contributed by atoms with Gasteiger partial charge in [0.25, 0.3) is 0 Å². The Hall–Kier alpha value is -1.22. The van der Waals surface area contributed by atoms with Crippen molar-refractivity contribution in [1.29, 1.82) is 0 Å². The van der Waals surface area contributed by atoms with E-state index in [-0.39, 0.29) is 5.91 Å². The molecule has 16 heavy (non-hydrogen) atoms. The Balaban J connectivity index is 2.56. The fraction of sp³-hybridized carbons (Fsp3) is 0.417. The fourth-order valence-corrected chi connectivity index (χ4v) is 2.25. The van der Waals surface area contributed by atoms with Gasteiger partial charge in [0.2, 0.25) is 5.91 Å². The third kappa shape index (κ3) is 1.65. The molecule has 1 aromatic carbocycles. The molecular formula is C12H15ClN2O. The lowest BCUT2D eigenvalue weighted by atomic mass is 9.92. The average molecular weight is 239 g/mol. The van der Waals surface area contributed by atoms with Gasteiger partial charge in [0, 0.05) is 13.6 Å². The number of nitrogens with zero attached hydrogens (tertiary/aromatic N) is 1. The summed E-state index contributed by atoms with van der Waals surface area (Å²) in [6, 6.07) is 5.61. The summed E-state index contributed by atoms with van der Waals surface area (Å²) in [5.41, 5.74) is 1.26. The van der Waals surface area contributed by atoms with Crippen molar-refractivity contribution in [2.24, 2.45) is 5.41 Å². The van der Waals surface area contributed by atoms with Crippen LogP contribution in [0.3, 0.4) is 0 Å². The summed E-state index contributed by atoms with van der Waals surface area (Å²) in [6.45, 7) is 4.47. The zero-order chi connectivity index (χ0) is 11.9. The number of fused-ring (bicyclic) bond motifs is 1. The van der Waals surface area contributed by atoms with Crippen molar-refractivity contribution in [2.75, 3.05) is 23.8 Å². The van der Waals surface area contributed by atoms with Gasteiger partial charge < -0.3 is 10.2 Å². The van der Waals surface area contributed by atoms with Crippen molar-refractivity contribution in [1.82, 2.24) is 0 Å². The molecule has 1 aliphatic rings. The number of hydrogen-bond donors (Lipinski definition) is 1. The first-order valence-corrected chi connectivity index (χ1v) is 5.62. The number of nitrogens with one attached hydrogen (secondary N) is 1. The van der Waals surface area contributed by atoms with Crippen LogP contribution >= 0.6 is 11.6 Å². The molecule has 1 aliphatic heterocycles. The first-order chi connectivity index (χ1) is 7.43. The van der Waals surface area contributed by atoms with Gasteiger partial charge in [-0.1, -0.05) is 17.7 Å². The van der Waals surface area contributed by atoms with Crippen molar-refractivity contribution >= 4 is 28.9 Å². The van der Waals surface area contributed by atoms with Crippen LogP contribution in [0.4, 0.5) is 11.4 Å². The Labute approximate surface area is 100 Å². The molecule has 1 heterocycles. The molecule has 2 rings (SSSR count). The predicted octanol–water partition coefficient (Wildman–Crippen LogP) is 2.75. The van der Waals surface area contributed by atoms with Crippen LogP contribution in [0.2, 0.25) is 5.02 Å². The van der Waals surface area contributed by atoms with E-state index < -0.39 is 5.41 Å². The SMILES string of the molecule is CN1C(=O)C(C)(C)CNc2cccc(Cl)c21. The Bertz CT molecular complexity index is 443. The van der Waals surface area contributed by atoms with E-state index in [0.717, 1.165) is 11.4 Å². The molecule has 0 radical (unpaired) electrons. The molecule has 4 heteroatoms.